The van der Waals surface area contributed by atoms with Gasteiger partial charge in [0.15, 0.2) is 10.0 Å². The fourth-order valence-electron chi connectivity index (χ4n) is 0.914. The van der Waals surface area contributed by atoms with E-state index in [1.807, 2.05) is 10.6 Å². The first kappa shape index (κ1) is 10.8. The standard InChI is InChI=1S/C7H5IN4.HI/c8-6-3-10-5-12(6)7-1-2-9-4-11-7;/h1-5H;1H. The molecule has 0 aliphatic rings. The van der Waals surface area contributed by atoms with Crippen LogP contribution in [-0.2, 0) is 0 Å². The van der Waals surface area contributed by atoms with Crippen molar-refractivity contribution in [3.05, 3.63) is 34.8 Å². The number of nitrogens with zero attached hydrogens (tertiary/aromatic N) is 3. The highest BCUT2D eigenvalue weighted by Crippen LogP contribution is 2.06. The Balaban J connectivity index is 0.000000845. The molecule has 0 aliphatic heterocycles. The molecule has 4 nitrogen and oxygen atoms in total. The predicted octanol–water partition coefficient (Wildman–Crippen LogP) is -2.31. The Morgan fingerprint density at radius 1 is 1.38 bits per heavy atom. The fourth-order valence-corrected chi connectivity index (χ4v) is 1.46. The van der Waals surface area contributed by atoms with E-state index in [4.69, 9.17) is 0 Å². The first-order valence-corrected chi connectivity index (χ1v) is 4.46. The van der Waals surface area contributed by atoms with E-state index in [-0.39, 0.29) is 24.0 Å². The van der Waals surface area contributed by atoms with Gasteiger partial charge >= 0.3 is 0 Å². The minimum absolute atomic E-state index is 0. The van der Waals surface area contributed by atoms with E-state index in [0.717, 1.165) is 9.52 Å². The minimum Gasteiger partial charge on any atom is -1.00 e. The normalized spacial score (nSPS) is 9.31. The molecule has 0 bridgehead atoms. The second-order valence-corrected chi connectivity index (χ2v) is 3.32. The zero-order chi connectivity index (χ0) is 8.39. The second kappa shape index (κ2) is 4.84. The molecule has 0 aromatic carbocycles. The highest BCUT2D eigenvalue weighted by molar-refractivity contribution is 14.1. The lowest BCUT2D eigenvalue weighted by atomic mass is 10.6. The van der Waals surface area contributed by atoms with E-state index in [9.17, 15) is 0 Å². The molecule has 0 radical (unpaired) electrons. The number of aromatic nitrogens is 4. The van der Waals surface area contributed by atoms with E-state index in [1.165, 1.54) is 0 Å². The maximum atomic E-state index is 4.01. The third-order valence-electron chi connectivity index (χ3n) is 1.46. The molecule has 6 heteroatoms. The molecule has 2 rings (SSSR count). The lowest BCUT2D eigenvalue weighted by Gasteiger charge is -1.93. The summed E-state index contributed by atoms with van der Waals surface area (Å²) in [7, 11) is 0. The van der Waals surface area contributed by atoms with Crippen LogP contribution in [0.15, 0.2) is 31.1 Å². The largest absolute Gasteiger partial charge is 1.00 e. The summed E-state index contributed by atoms with van der Waals surface area (Å²) in [6, 6.07) is 1.89. The van der Waals surface area contributed by atoms with Gasteiger partial charge in [-0.3, -0.25) is 0 Å². The molecule has 1 N–H and O–H groups in total. The van der Waals surface area contributed by atoms with Gasteiger partial charge in [-0.05, 0) is 22.6 Å². The molecule has 0 spiro atoms. The van der Waals surface area contributed by atoms with E-state index in [2.05, 4.69) is 37.5 Å². The van der Waals surface area contributed by atoms with Crippen molar-refractivity contribution in [1.29, 1.82) is 0 Å². The van der Waals surface area contributed by atoms with Gasteiger partial charge in [0.1, 0.15) is 6.20 Å². The van der Waals surface area contributed by atoms with E-state index in [1.54, 1.807) is 25.0 Å². The second-order valence-electron chi connectivity index (χ2n) is 2.21. The lowest BCUT2D eigenvalue weighted by Crippen LogP contribution is -3.00. The summed E-state index contributed by atoms with van der Waals surface area (Å²) in [5.74, 6) is 0.965. The zero-order valence-corrected chi connectivity index (χ0v) is 10.8. The van der Waals surface area contributed by atoms with Gasteiger partial charge < -0.3 is 24.0 Å². The molecule has 0 fully saturated rings. The van der Waals surface area contributed by atoms with Crippen LogP contribution in [0, 0.1) is 3.70 Å². The molecular formula is C7H6I2N4. The smallest absolute Gasteiger partial charge is 0.235 e. The molecule has 13 heavy (non-hydrogen) atoms. The summed E-state index contributed by atoms with van der Waals surface area (Å²) in [6.45, 7) is 0. The summed E-state index contributed by atoms with van der Waals surface area (Å²) in [5.41, 5.74) is 0. The minimum atomic E-state index is 0. The third kappa shape index (κ3) is 2.36. The van der Waals surface area contributed by atoms with Gasteiger partial charge in [0.25, 0.3) is 0 Å². The van der Waals surface area contributed by atoms with Gasteiger partial charge in [0.05, 0.1) is 6.20 Å². The van der Waals surface area contributed by atoms with Crippen LogP contribution in [0.1, 0.15) is 0 Å². The van der Waals surface area contributed by atoms with Gasteiger partial charge in [-0.15, -0.1) is 4.98 Å². The average Bonchev–Trinajstić information content (AvgIpc) is 2.53. The molecule has 68 valence electrons. The highest BCUT2D eigenvalue weighted by Gasteiger charge is 2.05. The van der Waals surface area contributed by atoms with Gasteiger partial charge in [-0.1, -0.05) is 0 Å². The van der Waals surface area contributed by atoms with Crippen molar-refractivity contribution in [3.8, 4) is 5.82 Å². The Morgan fingerprint density at radius 2 is 2.23 bits per heavy atom. The van der Waals surface area contributed by atoms with Crippen LogP contribution in [0.3, 0.4) is 0 Å². The average molecular weight is 400 g/mol. The Labute approximate surface area is 106 Å². The van der Waals surface area contributed by atoms with Gasteiger partial charge in [-0.2, -0.15) is 0 Å². The summed E-state index contributed by atoms with van der Waals surface area (Å²) in [4.78, 5) is 10.9. The van der Waals surface area contributed by atoms with Crippen molar-refractivity contribution >= 4 is 22.6 Å². The Morgan fingerprint density at radius 3 is 2.77 bits per heavy atom. The first-order valence-electron chi connectivity index (χ1n) is 3.38. The van der Waals surface area contributed by atoms with Crippen LogP contribution < -0.4 is 29.0 Å². The van der Waals surface area contributed by atoms with Crippen LogP contribution in [-0.4, -0.2) is 14.5 Å². The fraction of sp³-hybridized carbons (Fsp3) is 0. The molecule has 2 aromatic rings. The number of imidazole rings is 1. The number of aromatic amines is 1. The Hall–Kier alpha value is -0.250. The highest BCUT2D eigenvalue weighted by atomic mass is 127. The third-order valence-corrected chi connectivity index (χ3v) is 2.26. The van der Waals surface area contributed by atoms with Crippen molar-refractivity contribution in [2.24, 2.45) is 0 Å². The molecule has 0 saturated heterocycles. The first-order chi connectivity index (χ1) is 5.88. The summed E-state index contributed by atoms with van der Waals surface area (Å²) in [6.07, 6.45) is 6.94. The number of nitrogens with one attached hydrogen (secondary N) is 1. The van der Waals surface area contributed by atoms with E-state index < -0.39 is 0 Å². The number of H-pyrrole nitrogens is 1. The molecular weight excluding hydrogens is 394 g/mol. The molecule has 0 aliphatic carbocycles. The molecule has 0 atom stereocenters. The SMILES string of the molecule is Ic1cncn1-c1ccnc[nH+]1.[I-]. The maximum Gasteiger partial charge on any atom is 0.235 e. The predicted molar refractivity (Wildman–Crippen MR) is 50.6 cm³/mol. The number of halogens is 2. The number of hydrogen-bond acceptors (Lipinski definition) is 2. The van der Waals surface area contributed by atoms with E-state index >= 15 is 0 Å². The monoisotopic (exact) mass is 400 g/mol. The van der Waals surface area contributed by atoms with Crippen molar-refractivity contribution < 1.29 is 29.0 Å². The van der Waals surface area contributed by atoms with Crippen molar-refractivity contribution in [2.45, 2.75) is 0 Å². The Bertz CT molecular complexity index is 373. The summed E-state index contributed by atoms with van der Waals surface area (Å²) < 4.78 is 3.01. The summed E-state index contributed by atoms with van der Waals surface area (Å²) >= 11 is 2.22. The van der Waals surface area contributed by atoms with Crippen LogP contribution in [0.4, 0.5) is 0 Å². The van der Waals surface area contributed by atoms with Crippen molar-refractivity contribution in [1.82, 2.24) is 14.5 Å². The van der Waals surface area contributed by atoms with Gasteiger partial charge in [0.2, 0.25) is 12.1 Å². The maximum absolute atomic E-state index is 4.01. The number of hydrogen-bond donors (Lipinski definition) is 0. The van der Waals surface area contributed by atoms with Gasteiger partial charge in [-0.25, -0.2) is 14.5 Å². The van der Waals surface area contributed by atoms with E-state index in [0.29, 0.717) is 0 Å². The van der Waals surface area contributed by atoms with Gasteiger partial charge in [0, 0.05) is 6.07 Å². The Kier molecular flexibility index (Phi) is 4.03. The molecule has 0 saturated carbocycles. The summed E-state index contributed by atoms with van der Waals surface area (Å²) in [5, 5.41) is 0. The molecule has 2 aromatic heterocycles. The van der Waals surface area contributed by atoms with Crippen LogP contribution >= 0.6 is 22.6 Å². The topological polar surface area (TPSA) is 44.9 Å². The molecule has 0 amide bonds. The van der Waals surface area contributed by atoms with Crippen molar-refractivity contribution in [2.75, 3.05) is 0 Å². The quantitative estimate of drug-likeness (QED) is 0.506. The van der Waals surface area contributed by atoms with Crippen molar-refractivity contribution in [3.63, 3.8) is 0 Å². The van der Waals surface area contributed by atoms with Crippen LogP contribution in [0.2, 0.25) is 0 Å². The lowest BCUT2D eigenvalue weighted by molar-refractivity contribution is -0.378. The van der Waals surface area contributed by atoms with Crippen LogP contribution in [0.5, 0.6) is 0 Å². The molecule has 0 unspecified atom stereocenters. The van der Waals surface area contributed by atoms with Crippen LogP contribution in [0.25, 0.3) is 5.82 Å². The zero-order valence-electron chi connectivity index (χ0n) is 6.48. The molecule has 2 heterocycles. The number of rotatable bonds is 1.